The molecule has 0 bridgehead atoms. The maximum absolute atomic E-state index is 13.0. The lowest BCUT2D eigenvalue weighted by atomic mass is 9.94. The number of hydrogen-bond acceptors (Lipinski definition) is 2. The van der Waals surface area contributed by atoms with E-state index in [1.54, 1.807) is 6.07 Å². The summed E-state index contributed by atoms with van der Waals surface area (Å²) in [7, 11) is 0. The molecule has 20 heavy (non-hydrogen) atoms. The summed E-state index contributed by atoms with van der Waals surface area (Å²) in [5.41, 5.74) is -0.0295. The minimum Gasteiger partial charge on any atom is -0.480 e. The fourth-order valence-electron chi connectivity index (χ4n) is 1.66. The van der Waals surface area contributed by atoms with Crippen LogP contribution in [0, 0.1) is 0 Å². The molecule has 2 N–H and O–H groups in total. The second-order valence-corrected chi connectivity index (χ2v) is 4.34. The van der Waals surface area contributed by atoms with Crippen LogP contribution in [0.1, 0.15) is 24.8 Å². The van der Waals surface area contributed by atoms with Crippen LogP contribution in [0.3, 0.4) is 0 Å². The summed E-state index contributed by atoms with van der Waals surface area (Å²) in [6.07, 6.45) is -5.42. The highest BCUT2D eigenvalue weighted by molar-refractivity contribution is 5.83. The number of carbonyl (C=O) groups is 2. The number of nitrogens with one attached hydrogen (secondary N) is 1. The van der Waals surface area contributed by atoms with Crippen molar-refractivity contribution < 1.29 is 27.9 Å². The van der Waals surface area contributed by atoms with Crippen LogP contribution in [0.2, 0.25) is 0 Å². The van der Waals surface area contributed by atoms with E-state index >= 15 is 0 Å². The molecule has 0 heterocycles. The van der Waals surface area contributed by atoms with Crippen molar-refractivity contribution in [2.45, 2.75) is 31.5 Å². The van der Waals surface area contributed by atoms with Crippen molar-refractivity contribution in [3.63, 3.8) is 0 Å². The van der Waals surface area contributed by atoms with Gasteiger partial charge >= 0.3 is 12.1 Å². The van der Waals surface area contributed by atoms with Crippen LogP contribution in [0.5, 0.6) is 0 Å². The van der Waals surface area contributed by atoms with Crippen LogP contribution in [0.15, 0.2) is 30.3 Å². The quantitative estimate of drug-likeness (QED) is 0.874. The van der Waals surface area contributed by atoms with Gasteiger partial charge in [0, 0.05) is 6.42 Å². The third-order valence-electron chi connectivity index (χ3n) is 2.73. The van der Waals surface area contributed by atoms with E-state index in [1.165, 1.54) is 31.2 Å². The van der Waals surface area contributed by atoms with E-state index in [2.05, 4.69) is 0 Å². The second-order valence-electron chi connectivity index (χ2n) is 4.34. The van der Waals surface area contributed by atoms with Crippen molar-refractivity contribution in [1.29, 1.82) is 0 Å². The summed E-state index contributed by atoms with van der Waals surface area (Å²) in [6.45, 7) is 1.19. The van der Waals surface area contributed by atoms with Crippen molar-refractivity contribution in [2.24, 2.45) is 0 Å². The largest absolute Gasteiger partial charge is 0.480 e. The maximum atomic E-state index is 13.0. The molecule has 1 aromatic carbocycles. The molecule has 110 valence electrons. The minimum atomic E-state index is -4.58. The summed E-state index contributed by atoms with van der Waals surface area (Å²) >= 11 is 0. The SMILES string of the molecule is C[C@@H](NC(=O)C[C@H](c1ccccc1)C(F)(F)F)C(=O)O. The van der Waals surface area contributed by atoms with Gasteiger partial charge in [0.1, 0.15) is 6.04 Å². The zero-order valence-electron chi connectivity index (χ0n) is 10.6. The van der Waals surface area contributed by atoms with Crippen molar-refractivity contribution >= 4 is 11.9 Å². The Morgan fingerprint density at radius 1 is 1.25 bits per heavy atom. The predicted molar refractivity (Wildman–Crippen MR) is 65.1 cm³/mol. The first-order valence-electron chi connectivity index (χ1n) is 5.85. The lowest BCUT2D eigenvalue weighted by molar-refractivity contribution is -0.157. The van der Waals surface area contributed by atoms with Gasteiger partial charge in [-0.2, -0.15) is 13.2 Å². The van der Waals surface area contributed by atoms with E-state index in [1.807, 2.05) is 5.32 Å². The van der Waals surface area contributed by atoms with Crippen molar-refractivity contribution in [3.8, 4) is 0 Å². The fraction of sp³-hybridized carbons (Fsp3) is 0.385. The van der Waals surface area contributed by atoms with E-state index in [0.717, 1.165) is 0 Å². The number of carbonyl (C=O) groups excluding carboxylic acids is 1. The molecule has 0 radical (unpaired) electrons. The van der Waals surface area contributed by atoms with Crippen LogP contribution in [0.25, 0.3) is 0 Å². The Labute approximate surface area is 113 Å². The number of amides is 1. The molecule has 0 spiro atoms. The third-order valence-corrected chi connectivity index (χ3v) is 2.73. The number of rotatable bonds is 5. The molecule has 4 nitrogen and oxygen atoms in total. The third kappa shape index (κ3) is 4.56. The first-order valence-corrected chi connectivity index (χ1v) is 5.85. The zero-order valence-corrected chi connectivity index (χ0v) is 10.6. The number of aliphatic carboxylic acids is 1. The molecule has 0 aliphatic rings. The second kappa shape index (κ2) is 6.40. The van der Waals surface area contributed by atoms with Gasteiger partial charge in [-0.05, 0) is 12.5 Å². The molecule has 0 fully saturated rings. The van der Waals surface area contributed by atoms with Gasteiger partial charge in [-0.25, -0.2) is 0 Å². The molecule has 0 aromatic heterocycles. The maximum Gasteiger partial charge on any atom is 0.396 e. The Morgan fingerprint density at radius 2 is 1.80 bits per heavy atom. The van der Waals surface area contributed by atoms with E-state index in [4.69, 9.17) is 5.11 Å². The van der Waals surface area contributed by atoms with E-state index in [0.29, 0.717) is 0 Å². The first-order chi connectivity index (χ1) is 9.21. The van der Waals surface area contributed by atoms with Crippen LogP contribution < -0.4 is 5.32 Å². The molecule has 0 aliphatic carbocycles. The Hall–Kier alpha value is -2.05. The average molecular weight is 289 g/mol. The van der Waals surface area contributed by atoms with Crippen LogP contribution in [-0.4, -0.2) is 29.2 Å². The Morgan fingerprint density at radius 3 is 2.25 bits per heavy atom. The smallest absolute Gasteiger partial charge is 0.396 e. The minimum absolute atomic E-state index is 0.0295. The number of benzene rings is 1. The van der Waals surface area contributed by atoms with Gasteiger partial charge in [-0.1, -0.05) is 30.3 Å². The average Bonchev–Trinajstić information content (AvgIpc) is 2.35. The van der Waals surface area contributed by atoms with E-state index < -0.39 is 36.4 Å². The summed E-state index contributed by atoms with van der Waals surface area (Å²) < 4.78 is 38.9. The molecule has 2 atom stereocenters. The fourth-order valence-corrected chi connectivity index (χ4v) is 1.66. The number of carboxylic acids is 1. The first kappa shape index (κ1) is 16.0. The molecule has 0 unspecified atom stereocenters. The summed E-state index contributed by atoms with van der Waals surface area (Å²) in [5.74, 6) is -4.21. The normalized spacial score (nSPS) is 14.4. The number of alkyl halides is 3. The molecular formula is C13H14F3NO3. The van der Waals surface area contributed by atoms with Gasteiger partial charge < -0.3 is 10.4 Å². The lowest BCUT2D eigenvalue weighted by Crippen LogP contribution is -2.40. The van der Waals surface area contributed by atoms with Gasteiger partial charge in [0.05, 0.1) is 5.92 Å². The van der Waals surface area contributed by atoms with Crippen molar-refractivity contribution in [2.75, 3.05) is 0 Å². The standard InChI is InChI=1S/C13H14F3NO3/c1-8(12(19)20)17-11(18)7-10(13(14,15)16)9-5-3-2-4-6-9/h2-6,8,10H,7H2,1H3,(H,17,18)(H,19,20)/t8-,10-/m1/s1. The highest BCUT2D eigenvalue weighted by Crippen LogP contribution is 2.37. The van der Waals surface area contributed by atoms with Gasteiger partial charge in [-0.3, -0.25) is 9.59 Å². The molecule has 1 rings (SSSR count). The Kier molecular flexibility index (Phi) is 5.12. The van der Waals surface area contributed by atoms with Crippen LogP contribution in [-0.2, 0) is 9.59 Å². The highest BCUT2D eigenvalue weighted by atomic mass is 19.4. The van der Waals surface area contributed by atoms with Gasteiger partial charge in [-0.15, -0.1) is 0 Å². The van der Waals surface area contributed by atoms with E-state index in [9.17, 15) is 22.8 Å². The molecule has 0 saturated carbocycles. The molecule has 1 aromatic rings. The van der Waals surface area contributed by atoms with Gasteiger partial charge in [0.2, 0.25) is 5.91 Å². The topological polar surface area (TPSA) is 66.4 Å². The van der Waals surface area contributed by atoms with Crippen LogP contribution in [0.4, 0.5) is 13.2 Å². The molecule has 1 amide bonds. The summed E-state index contributed by atoms with van der Waals surface area (Å²) in [4.78, 5) is 22.1. The molecule has 7 heteroatoms. The number of hydrogen-bond donors (Lipinski definition) is 2. The predicted octanol–water partition coefficient (Wildman–Crippen LogP) is 2.31. The lowest BCUT2D eigenvalue weighted by Gasteiger charge is -2.21. The Bertz CT molecular complexity index is 473. The molecule has 0 aliphatic heterocycles. The monoisotopic (exact) mass is 289 g/mol. The Balaban J connectivity index is 2.82. The van der Waals surface area contributed by atoms with Gasteiger partial charge in [0.15, 0.2) is 0 Å². The number of carboxylic acid groups (broad SMARTS) is 1. The molecule has 0 saturated heterocycles. The van der Waals surface area contributed by atoms with Gasteiger partial charge in [0.25, 0.3) is 0 Å². The number of halogens is 3. The summed E-state index contributed by atoms with van der Waals surface area (Å²) in [5, 5.41) is 10.6. The van der Waals surface area contributed by atoms with Crippen molar-refractivity contribution in [1.82, 2.24) is 5.32 Å². The highest BCUT2D eigenvalue weighted by Gasteiger charge is 2.42. The molecular weight excluding hydrogens is 275 g/mol. The van der Waals surface area contributed by atoms with E-state index in [-0.39, 0.29) is 5.56 Å². The van der Waals surface area contributed by atoms with Crippen molar-refractivity contribution in [3.05, 3.63) is 35.9 Å². The van der Waals surface area contributed by atoms with Crippen LogP contribution >= 0.6 is 0 Å². The zero-order chi connectivity index (χ0) is 15.3. The summed E-state index contributed by atoms with van der Waals surface area (Å²) in [6, 6.07) is 5.81.